The summed E-state index contributed by atoms with van der Waals surface area (Å²) in [4.78, 5) is 54.7. The summed E-state index contributed by atoms with van der Waals surface area (Å²) in [7, 11) is 0. The molecule has 0 spiro atoms. The number of hydrogen-bond donors (Lipinski definition) is 6. The number of alkyl halides is 2. The molecule has 2 aliphatic carbocycles. The number of hydrazine groups is 3. The van der Waals surface area contributed by atoms with Crippen LogP contribution in [0.2, 0.25) is 0 Å². The highest BCUT2D eigenvalue weighted by atomic mass is 35.5. The van der Waals surface area contributed by atoms with Crippen LogP contribution in [0.1, 0.15) is 85.0 Å². The van der Waals surface area contributed by atoms with Crippen molar-refractivity contribution in [3.8, 4) is 0 Å². The molecule has 0 aromatic carbocycles. The monoisotopic (exact) mass is 671 g/mol. The van der Waals surface area contributed by atoms with Crippen LogP contribution in [0, 0.1) is 11.8 Å². The molecule has 2 saturated heterocycles. The molecule has 0 bridgehead atoms. The predicted molar refractivity (Wildman–Crippen MR) is 168 cm³/mol. The van der Waals surface area contributed by atoms with Gasteiger partial charge in [-0.05, 0) is 78.1 Å². The number of ether oxygens (including phenoxy) is 1. The lowest BCUT2D eigenvalue weighted by atomic mass is 9.86. The molecule has 0 aromatic heterocycles. The van der Waals surface area contributed by atoms with E-state index in [1.54, 1.807) is 25.9 Å². The minimum atomic E-state index is -1.40. The Kier molecular flexibility index (Phi) is 10.6. The number of nitrogens with zero attached hydrogens (tertiary/aromatic N) is 2. The highest BCUT2D eigenvalue weighted by molar-refractivity contribution is 6.23. The number of hydrogen-bond acceptors (Lipinski definition) is 9. The number of allylic oxidation sites excluding steroid dienone is 1. The highest BCUT2D eigenvalue weighted by Gasteiger charge is 2.61. The molecule has 6 N–H and O–H groups in total. The molecule has 5 aliphatic rings. The lowest BCUT2D eigenvalue weighted by Crippen LogP contribution is -2.56. The van der Waals surface area contributed by atoms with Crippen molar-refractivity contribution in [2.24, 2.45) is 11.8 Å². The SMILES string of the molecule is CC(C)(C)OC(=O)N[C@@H]1CCCCC/C=C\[C@@H]2C[C@]2(C(=O)O)NC(=O)[C@@H]2C[C@H](N3NNC(C4CC(Cl)CC(Cl)C4)N3)CN2C1=O. The molecule has 4 fully saturated rings. The van der Waals surface area contributed by atoms with E-state index in [4.69, 9.17) is 27.9 Å². The lowest BCUT2D eigenvalue weighted by Gasteiger charge is -2.32. The fourth-order valence-electron chi connectivity index (χ4n) is 6.98. The minimum absolute atomic E-state index is 0.0195. The van der Waals surface area contributed by atoms with Gasteiger partial charge in [0.15, 0.2) is 0 Å². The molecule has 0 radical (unpaired) electrons. The van der Waals surface area contributed by atoms with Crippen LogP contribution in [0.5, 0.6) is 0 Å². The Labute approximate surface area is 274 Å². The molecular formula is C30H47Cl2N7O6. The Hall–Kier alpha value is -2.16. The van der Waals surface area contributed by atoms with E-state index in [9.17, 15) is 24.3 Å². The summed E-state index contributed by atoms with van der Waals surface area (Å²) in [6, 6.07) is -2.21. The molecule has 3 unspecified atom stereocenters. The van der Waals surface area contributed by atoms with E-state index in [0.29, 0.717) is 19.3 Å². The van der Waals surface area contributed by atoms with Crippen molar-refractivity contribution in [2.75, 3.05) is 6.54 Å². The van der Waals surface area contributed by atoms with Gasteiger partial charge in [0.05, 0.1) is 12.2 Å². The van der Waals surface area contributed by atoms with Gasteiger partial charge in [-0.25, -0.2) is 20.4 Å². The first-order valence-corrected chi connectivity index (χ1v) is 17.0. The largest absolute Gasteiger partial charge is 0.479 e. The molecule has 3 heterocycles. The standard InChI is InChI=1S/C30H47Cl2N7O6/c1-29(2,3)45-28(44)33-22-10-8-6-4-5-7-9-18-15-30(18,27(42)43)34-25(40)23-14-21(16-38(23)26(22)41)39-36-24(35-37-39)17-11-19(31)13-20(32)12-17/h7,9,17-24,35-37H,4-6,8,10-16H2,1-3H3,(H,33,44)(H,34,40)(H,42,43)/b9-7-/t17?,18-,19?,20?,21+,22-,23+,24?,30+/m1/s1. The molecule has 45 heavy (non-hydrogen) atoms. The van der Waals surface area contributed by atoms with Crippen molar-refractivity contribution in [1.82, 2.24) is 37.0 Å². The smallest absolute Gasteiger partial charge is 0.408 e. The quantitative estimate of drug-likeness (QED) is 0.193. The zero-order chi connectivity index (χ0) is 32.5. The van der Waals surface area contributed by atoms with E-state index in [1.807, 2.05) is 12.2 Å². The van der Waals surface area contributed by atoms with E-state index in [-0.39, 0.29) is 47.8 Å². The number of fused-ring (bicyclic) bond motifs is 2. The summed E-state index contributed by atoms with van der Waals surface area (Å²) in [5, 5.41) is 17.4. The number of amides is 3. The zero-order valence-electron chi connectivity index (χ0n) is 26.2. The van der Waals surface area contributed by atoms with Crippen molar-refractivity contribution >= 4 is 47.1 Å². The molecule has 0 aromatic rings. The van der Waals surface area contributed by atoms with Crippen molar-refractivity contribution in [3.05, 3.63) is 12.2 Å². The number of carbonyl (C=O) groups excluding carboxylic acids is 3. The second-order valence-electron chi connectivity index (χ2n) is 14.1. The summed E-state index contributed by atoms with van der Waals surface area (Å²) in [5.74, 6) is -2.17. The van der Waals surface area contributed by atoms with Gasteiger partial charge in [-0.15, -0.1) is 23.2 Å². The van der Waals surface area contributed by atoms with Crippen molar-refractivity contribution in [3.63, 3.8) is 0 Å². The lowest BCUT2D eigenvalue weighted by molar-refractivity contribution is -0.145. The third kappa shape index (κ3) is 8.23. The van der Waals surface area contributed by atoms with E-state index < -0.39 is 47.1 Å². The Morgan fingerprint density at radius 1 is 1.09 bits per heavy atom. The number of nitrogens with one attached hydrogen (secondary N) is 5. The number of rotatable bonds is 4. The minimum Gasteiger partial charge on any atom is -0.479 e. The van der Waals surface area contributed by atoms with Crippen LogP contribution >= 0.6 is 23.2 Å². The van der Waals surface area contributed by atoms with Gasteiger partial charge in [-0.2, -0.15) is 10.7 Å². The third-order valence-corrected chi connectivity index (χ3v) is 10.1. The van der Waals surface area contributed by atoms with Gasteiger partial charge >= 0.3 is 12.1 Å². The van der Waals surface area contributed by atoms with Crippen LogP contribution in [-0.2, 0) is 19.1 Å². The van der Waals surface area contributed by atoms with Crippen LogP contribution in [-0.4, -0.2) is 91.7 Å². The van der Waals surface area contributed by atoms with Gasteiger partial charge < -0.3 is 25.4 Å². The van der Waals surface area contributed by atoms with Gasteiger partial charge in [0.1, 0.15) is 23.2 Å². The first kappa shape index (κ1) is 34.2. The first-order chi connectivity index (χ1) is 21.3. The topological polar surface area (TPSA) is 164 Å². The van der Waals surface area contributed by atoms with Crippen molar-refractivity contribution in [2.45, 2.75) is 131 Å². The van der Waals surface area contributed by atoms with Crippen LogP contribution < -0.4 is 27.0 Å². The van der Waals surface area contributed by atoms with Gasteiger partial charge in [0.2, 0.25) is 11.8 Å². The summed E-state index contributed by atoms with van der Waals surface area (Å²) < 4.78 is 5.46. The summed E-state index contributed by atoms with van der Waals surface area (Å²) in [6.45, 7) is 5.41. The Morgan fingerprint density at radius 3 is 2.51 bits per heavy atom. The molecule has 252 valence electrons. The van der Waals surface area contributed by atoms with E-state index >= 15 is 0 Å². The average molecular weight is 673 g/mol. The Balaban J connectivity index is 1.37. The predicted octanol–water partition coefficient (Wildman–Crippen LogP) is 2.50. The molecule has 2 saturated carbocycles. The van der Waals surface area contributed by atoms with Crippen molar-refractivity contribution < 1.29 is 29.0 Å². The first-order valence-electron chi connectivity index (χ1n) is 16.1. The van der Waals surface area contributed by atoms with Crippen LogP contribution in [0.25, 0.3) is 0 Å². The van der Waals surface area contributed by atoms with Gasteiger partial charge in [-0.3, -0.25) is 9.59 Å². The normalized spacial score (nSPS) is 39.1. The molecule has 13 nitrogen and oxygen atoms in total. The molecule has 15 heteroatoms. The van der Waals surface area contributed by atoms with Gasteiger partial charge in [0.25, 0.3) is 0 Å². The summed E-state index contributed by atoms with van der Waals surface area (Å²) >= 11 is 12.9. The summed E-state index contributed by atoms with van der Waals surface area (Å²) in [6.07, 6.45) is 9.35. The van der Waals surface area contributed by atoms with E-state index in [0.717, 1.165) is 38.5 Å². The van der Waals surface area contributed by atoms with Gasteiger partial charge in [0, 0.05) is 23.2 Å². The van der Waals surface area contributed by atoms with E-state index in [2.05, 4.69) is 27.0 Å². The average Bonchev–Trinajstić information content (AvgIpc) is 3.26. The fraction of sp³-hybridized carbons (Fsp3) is 0.800. The number of alkyl carbamates (subject to hydrolysis) is 1. The molecule has 3 amide bonds. The molecule has 8 atom stereocenters. The van der Waals surface area contributed by atoms with E-state index in [1.165, 1.54) is 4.90 Å². The number of carboxylic acid groups (broad SMARTS) is 1. The molecular weight excluding hydrogens is 625 g/mol. The zero-order valence-corrected chi connectivity index (χ0v) is 27.7. The molecule has 3 aliphatic heterocycles. The second kappa shape index (κ2) is 13.9. The maximum absolute atomic E-state index is 14.2. The number of aliphatic carboxylic acids is 1. The number of halogens is 2. The maximum atomic E-state index is 14.2. The second-order valence-corrected chi connectivity index (χ2v) is 15.4. The van der Waals surface area contributed by atoms with Crippen LogP contribution in [0.4, 0.5) is 4.79 Å². The summed E-state index contributed by atoms with van der Waals surface area (Å²) in [5.41, 5.74) is 7.67. The Bertz CT molecular complexity index is 1160. The maximum Gasteiger partial charge on any atom is 0.408 e. The number of carboxylic acids is 1. The van der Waals surface area contributed by atoms with Crippen molar-refractivity contribution in [1.29, 1.82) is 0 Å². The fourth-order valence-corrected chi connectivity index (χ4v) is 7.96. The third-order valence-electron chi connectivity index (χ3n) is 9.41. The molecule has 5 rings (SSSR count). The van der Waals surface area contributed by atoms with Crippen LogP contribution in [0.15, 0.2) is 12.2 Å². The highest BCUT2D eigenvalue weighted by Crippen LogP contribution is 2.45. The number of carbonyl (C=O) groups is 4. The Morgan fingerprint density at radius 2 is 1.82 bits per heavy atom. The van der Waals surface area contributed by atoms with Gasteiger partial charge in [-0.1, -0.05) is 25.0 Å². The van der Waals surface area contributed by atoms with Crippen LogP contribution in [0.3, 0.4) is 0 Å².